The Labute approximate surface area is 166 Å². The average Bonchev–Trinajstić information content (AvgIpc) is 2.72. The van der Waals surface area contributed by atoms with Crippen molar-refractivity contribution in [2.45, 2.75) is 44.9 Å². The standard InChI is InChI=1S/C21H29ClN2O3/c1-27-19-9-8-17(22)15-18(19)21(26)24-13-11-23(12-14-24)20(25)10-7-16-5-3-2-4-6-16/h8-9,15-16H,2-7,10-14H2,1H3. The van der Waals surface area contributed by atoms with Crippen molar-refractivity contribution in [3.05, 3.63) is 28.8 Å². The number of benzene rings is 1. The second-order valence-electron chi connectivity index (χ2n) is 7.56. The molecule has 2 fully saturated rings. The van der Waals surface area contributed by atoms with E-state index < -0.39 is 0 Å². The van der Waals surface area contributed by atoms with Crippen molar-refractivity contribution >= 4 is 23.4 Å². The molecule has 0 N–H and O–H groups in total. The molecule has 2 amide bonds. The maximum Gasteiger partial charge on any atom is 0.257 e. The van der Waals surface area contributed by atoms with Crippen LogP contribution < -0.4 is 4.74 Å². The molecule has 2 aliphatic rings. The minimum absolute atomic E-state index is 0.0938. The van der Waals surface area contributed by atoms with Gasteiger partial charge in [0.05, 0.1) is 12.7 Å². The van der Waals surface area contributed by atoms with Gasteiger partial charge in [-0.2, -0.15) is 0 Å². The van der Waals surface area contributed by atoms with Gasteiger partial charge in [-0.05, 0) is 30.5 Å². The predicted molar refractivity (Wildman–Crippen MR) is 106 cm³/mol. The Bertz CT molecular complexity index is 665. The molecule has 148 valence electrons. The third-order valence-electron chi connectivity index (χ3n) is 5.80. The van der Waals surface area contributed by atoms with Gasteiger partial charge < -0.3 is 14.5 Å². The zero-order chi connectivity index (χ0) is 19.2. The second-order valence-corrected chi connectivity index (χ2v) is 8.00. The van der Waals surface area contributed by atoms with Gasteiger partial charge in [0.2, 0.25) is 5.91 Å². The molecule has 0 radical (unpaired) electrons. The number of nitrogens with zero attached hydrogens (tertiary/aromatic N) is 2. The van der Waals surface area contributed by atoms with E-state index >= 15 is 0 Å². The molecule has 0 spiro atoms. The topological polar surface area (TPSA) is 49.9 Å². The quantitative estimate of drug-likeness (QED) is 0.761. The number of hydrogen-bond acceptors (Lipinski definition) is 3. The number of carbonyl (C=O) groups excluding carboxylic acids is 2. The van der Waals surface area contributed by atoms with E-state index in [1.54, 1.807) is 30.2 Å². The third kappa shape index (κ3) is 5.16. The monoisotopic (exact) mass is 392 g/mol. The molecule has 1 aromatic carbocycles. The molecule has 0 aromatic heterocycles. The van der Waals surface area contributed by atoms with Gasteiger partial charge >= 0.3 is 0 Å². The Morgan fingerprint density at radius 3 is 2.41 bits per heavy atom. The number of hydrogen-bond donors (Lipinski definition) is 0. The predicted octanol–water partition coefficient (Wildman–Crippen LogP) is 3.99. The highest BCUT2D eigenvalue weighted by Crippen LogP contribution is 2.28. The number of amides is 2. The fraction of sp³-hybridized carbons (Fsp3) is 0.619. The highest BCUT2D eigenvalue weighted by Gasteiger charge is 2.27. The SMILES string of the molecule is COc1ccc(Cl)cc1C(=O)N1CCN(C(=O)CCC2CCCCC2)CC1. The van der Waals surface area contributed by atoms with Crippen molar-refractivity contribution in [2.75, 3.05) is 33.3 Å². The highest BCUT2D eigenvalue weighted by atomic mass is 35.5. The van der Waals surface area contributed by atoms with E-state index in [4.69, 9.17) is 16.3 Å². The molecule has 5 nitrogen and oxygen atoms in total. The summed E-state index contributed by atoms with van der Waals surface area (Å²) in [6.07, 6.45) is 8.17. The Kier molecular flexibility index (Phi) is 7.00. The Morgan fingerprint density at radius 2 is 1.74 bits per heavy atom. The average molecular weight is 393 g/mol. The van der Waals surface area contributed by atoms with Crippen LogP contribution in [0.15, 0.2) is 18.2 Å². The smallest absolute Gasteiger partial charge is 0.257 e. The molecule has 6 heteroatoms. The lowest BCUT2D eigenvalue weighted by Gasteiger charge is -2.35. The van der Waals surface area contributed by atoms with Crippen molar-refractivity contribution in [2.24, 2.45) is 5.92 Å². The lowest BCUT2D eigenvalue weighted by atomic mass is 9.86. The molecule has 1 aromatic rings. The summed E-state index contributed by atoms with van der Waals surface area (Å²) in [6, 6.07) is 5.06. The molecule has 1 saturated carbocycles. The lowest BCUT2D eigenvalue weighted by molar-refractivity contribution is -0.133. The Morgan fingerprint density at radius 1 is 1.07 bits per heavy atom. The zero-order valence-corrected chi connectivity index (χ0v) is 16.8. The number of halogens is 1. The van der Waals surface area contributed by atoms with E-state index in [-0.39, 0.29) is 11.8 Å². The van der Waals surface area contributed by atoms with Crippen LogP contribution in [0.3, 0.4) is 0 Å². The van der Waals surface area contributed by atoms with E-state index in [0.29, 0.717) is 48.9 Å². The van der Waals surface area contributed by atoms with Crippen LogP contribution in [0.1, 0.15) is 55.3 Å². The summed E-state index contributed by atoms with van der Waals surface area (Å²) in [5.74, 6) is 1.38. The largest absolute Gasteiger partial charge is 0.496 e. The molecule has 0 unspecified atom stereocenters. The van der Waals surface area contributed by atoms with Gasteiger partial charge in [-0.1, -0.05) is 43.7 Å². The first-order valence-electron chi connectivity index (χ1n) is 9.99. The third-order valence-corrected chi connectivity index (χ3v) is 6.04. The normalized spacial score (nSPS) is 18.4. The van der Waals surface area contributed by atoms with Gasteiger partial charge in [0.1, 0.15) is 5.75 Å². The Hall–Kier alpha value is -1.75. The molecule has 1 aliphatic carbocycles. The number of methoxy groups -OCH3 is 1. The fourth-order valence-electron chi connectivity index (χ4n) is 4.14. The van der Waals surface area contributed by atoms with Crippen LogP contribution in [-0.2, 0) is 4.79 Å². The van der Waals surface area contributed by atoms with Gasteiger partial charge in [-0.25, -0.2) is 0 Å². The molecule has 1 heterocycles. The van der Waals surface area contributed by atoms with Crippen LogP contribution >= 0.6 is 11.6 Å². The van der Waals surface area contributed by atoms with Crippen LogP contribution in [0.5, 0.6) is 5.75 Å². The lowest BCUT2D eigenvalue weighted by Crippen LogP contribution is -2.50. The second kappa shape index (κ2) is 9.45. The molecule has 0 atom stereocenters. The summed E-state index contributed by atoms with van der Waals surface area (Å²) in [6.45, 7) is 2.28. The van der Waals surface area contributed by atoms with E-state index in [9.17, 15) is 9.59 Å². The van der Waals surface area contributed by atoms with Crippen LogP contribution in [-0.4, -0.2) is 54.9 Å². The van der Waals surface area contributed by atoms with Gasteiger partial charge in [0.25, 0.3) is 5.91 Å². The maximum atomic E-state index is 12.8. The summed E-state index contributed by atoms with van der Waals surface area (Å²) in [5, 5.41) is 0.510. The maximum absolute atomic E-state index is 12.8. The van der Waals surface area contributed by atoms with Crippen molar-refractivity contribution in [1.82, 2.24) is 9.80 Å². The Balaban J connectivity index is 1.50. The van der Waals surface area contributed by atoms with Gasteiger partial charge in [-0.3, -0.25) is 9.59 Å². The first kappa shape index (κ1) is 20.0. The molecule has 1 saturated heterocycles. The molecule has 0 bridgehead atoms. The number of piperazine rings is 1. The number of rotatable bonds is 5. The van der Waals surface area contributed by atoms with Gasteiger partial charge in [0.15, 0.2) is 0 Å². The summed E-state index contributed by atoms with van der Waals surface area (Å²) >= 11 is 6.04. The molecular weight excluding hydrogens is 364 g/mol. The van der Waals surface area contributed by atoms with Crippen molar-refractivity contribution in [1.29, 1.82) is 0 Å². The van der Waals surface area contributed by atoms with Gasteiger partial charge in [0, 0.05) is 37.6 Å². The first-order chi connectivity index (χ1) is 13.1. The molecule has 27 heavy (non-hydrogen) atoms. The van der Waals surface area contributed by atoms with Crippen molar-refractivity contribution in [3.8, 4) is 5.75 Å². The summed E-state index contributed by atoms with van der Waals surface area (Å²) in [5.41, 5.74) is 0.474. The minimum atomic E-state index is -0.0938. The van der Waals surface area contributed by atoms with E-state index in [1.807, 2.05) is 4.90 Å². The fourth-order valence-corrected chi connectivity index (χ4v) is 4.31. The van der Waals surface area contributed by atoms with Crippen LogP contribution in [0, 0.1) is 5.92 Å². The van der Waals surface area contributed by atoms with Crippen LogP contribution in [0.4, 0.5) is 0 Å². The molecule has 1 aliphatic heterocycles. The summed E-state index contributed by atoms with van der Waals surface area (Å²) in [4.78, 5) is 29.0. The highest BCUT2D eigenvalue weighted by molar-refractivity contribution is 6.31. The van der Waals surface area contributed by atoms with Crippen molar-refractivity contribution in [3.63, 3.8) is 0 Å². The van der Waals surface area contributed by atoms with Crippen molar-refractivity contribution < 1.29 is 14.3 Å². The van der Waals surface area contributed by atoms with E-state index in [0.717, 1.165) is 12.3 Å². The van der Waals surface area contributed by atoms with E-state index in [2.05, 4.69) is 0 Å². The minimum Gasteiger partial charge on any atom is -0.496 e. The summed E-state index contributed by atoms with van der Waals surface area (Å²) in [7, 11) is 1.54. The summed E-state index contributed by atoms with van der Waals surface area (Å²) < 4.78 is 5.29. The van der Waals surface area contributed by atoms with Crippen LogP contribution in [0.2, 0.25) is 5.02 Å². The molecule has 3 rings (SSSR count). The van der Waals surface area contributed by atoms with E-state index in [1.165, 1.54) is 32.1 Å². The van der Waals surface area contributed by atoms with Crippen LogP contribution in [0.25, 0.3) is 0 Å². The van der Waals surface area contributed by atoms with Gasteiger partial charge in [-0.15, -0.1) is 0 Å². The number of ether oxygens (including phenoxy) is 1. The molecular formula is C21H29ClN2O3. The zero-order valence-electron chi connectivity index (χ0n) is 16.1. The number of carbonyl (C=O) groups is 2. The first-order valence-corrected chi connectivity index (χ1v) is 10.4.